The predicted molar refractivity (Wildman–Crippen MR) is 41.8 cm³/mol. The Bertz CT molecular complexity index is 34.1. The lowest BCUT2D eigenvalue weighted by Gasteiger charge is -1.94. The molecular formula is C3H8INOS. The molecule has 0 radical (unpaired) electrons. The van der Waals surface area contributed by atoms with Gasteiger partial charge < -0.3 is 4.74 Å². The molecule has 0 aliphatic rings. The average Bonchev–Trinajstić information content (AvgIpc) is 1.69. The largest absolute Gasteiger partial charge is 0.370 e. The molecule has 44 valence electrons. The van der Waals surface area contributed by atoms with Gasteiger partial charge in [-0.05, 0) is 0 Å². The van der Waals surface area contributed by atoms with E-state index < -0.39 is 0 Å². The Morgan fingerprint density at radius 1 is 1.71 bits per heavy atom. The van der Waals surface area contributed by atoms with Gasteiger partial charge in [0.2, 0.25) is 0 Å². The smallest absolute Gasteiger partial charge is 0.0979 e. The van der Waals surface area contributed by atoms with Gasteiger partial charge in [0.25, 0.3) is 0 Å². The highest BCUT2D eigenvalue weighted by atomic mass is 127. The molecule has 0 aromatic carbocycles. The predicted octanol–water partition coefficient (Wildman–Crippen LogP) is 0.830. The Labute approximate surface area is 62.7 Å². The Morgan fingerprint density at radius 2 is 2.43 bits per heavy atom. The van der Waals surface area contributed by atoms with Crippen molar-refractivity contribution in [2.75, 3.05) is 17.8 Å². The van der Waals surface area contributed by atoms with E-state index in [0.717, 1.165) is 17.8 Å². The molecule has 2 nitrogen and oxygen atoms in total. The second-order valence-electron chi connectivity index (χ2n) is 0.925. The molecular weight excluding hydrogens is 225 g/mol. The van der Waals surface area contributed by atoms with Crippen LogP contribution in [0.25, 0.3) is 0 Å². The van der Waals surface area contributed by atoms with E-state index in [1.807, 2.05) is 0 Å². The van der Waals surface area contributed by atoms with E-state index in [0.29, 0.717) is 0 Å². The fourth-order valence-electron chi connectivity index (χ4n) is 0.172. The van der Waals surface area contributed by atoms with Gasteiger partial charge in [-0.25, -0.2) is 0 Å². The van der Waals surface area contributed by atoms with E-state index in [-0.39, 0.29) is 0 Å². The highest BCUT2D eigenvalue weighted by molar-refractivity contribution is 14.1. The van der Waals surface area contributed by atoms with Crippen LogP contribution in [0.3, 0.4) is 0 Å². The highest BCUT2D eigenvalue weighted by Crippen LogP contribution is 1.80. The first kappa shape index (κ1) is 8.00. The van der Waals surface area contributed by atoms with Gasteiger partial charge >= 0.3 is 0 Å². The summed E-state index contributed by atoms with van der Waals surface area (Å²) >= 11 is 5.91. The van der Waals surface area contributed by atoms with Gasteiger partial charge in [0, 0.05) is 6.54 Å². The van der Waals surface area contributed by atoms with Crippen LogP contribution in [-0.2, 0) is 4.74 Å². The summed E-state index contributed by atoms with van der Waals surface area (Å²) in [6.45, 7) is 1.55. The molecule has 0 spiro atoms. The topological polar surface area (TPSA) is 21.3 Å². The van der Waals surface area contributed by atoms with Crippen molar-refractivity contribution in [2.24, 2.45) is 0 Å². The van der Waals surface area contributed by atoms with Gasteiger partial charge in [0.1, 0.15) is 0 Å². The van der Waals surface area contributed by atoms with Crippen molar-refractivity contribution < 1.29 is 4.74 Å². The van der Waals surface area contributed by atoms with E-state index in [1.54, 1.807) is 0 Å². The number of ether oxygens (including phenoxy) is 1. The molecule has 0 saturated carbocycles. The Kier molecular flexibility index (Phi) is 8.00. The summed E-state index contributed by atoms with van der Waals surface area (Å²) in [7, 11) is 0. The van der Waals surface area contributed by atoms with Gasteiger partial charge in [-0.15, -0.1) is 0 Å². The Morgan fingerprint density at radius 3 is 2.86 bits per heavy atom. The molecule has 0 atom stereocenters. The van der Waals surface area contributed by atoms with Gasteiger partial charge in [-0.2, -0.15) is 0 Å². The van der Waals surface area contributed by atoms with Crippen molar-refractivity contribution in [3.63, 3.8) is 0 Å². The Hall–Kier alpha value is 1.00. The summed E-state index contributed by atoms with van der Waals surface area (Å²) in [6, 6.07) is 0. The van der Waals surface area contributed by atoms with Crippen molar-refractivity contribution in [3.8, 4) is 0 Å². The van der Waals surface area contributed by atoms with Crippen molar-refractivity contribution in [1.29, 1.82) is 0 Å². The molecule has 0 aliphatic heterocycles. The third-order valence-electron chi connectivity index (χ3n) is 0.435. The van der Waals surface area contributed by atoms with Crippen LogP contribution in [-0.4, -0.2) is 17.8 Å². The minimum absolute atomic E-state index is 0.742. The maximum absolute atomic E-state index is 4.95. The summed E-state index contributed by atoms with van der Waals surface area (Å²) in [4.78, 5) is 0. The minimum Gasteiger partial charge on any atom is -0.370 e. The standard InChI is InChI=1S/C3H8INOS/c4-3-6-2-1-5-7/h5,7H,1-3H2. The van der Waals surface area contributed by atoms with Crippen LogP contribution in [0.5, 0.6) is 0 Å². The number of nitrogens with one attached hydrogen (secondary N) is 1. The lowest BCUT2D eigenvalue weighted by molar-refractivity contribution is 0.197. The normalized spacial score (nSPS) is 9.43. The maximum atomic E-state index is 4.95. The summed E-state index contributed by atoms with van der Waals surface area (Å²) in [6.07, 6.45) is 0. The van der Waals surface area contributed by atoms with E-state index in [4.69, 9.17) is 4.74 Å². The molecule has 0 heterocycles. The zero-order chi connectivity index (χ0) is 5.54. The summed E-state index contributed by atoms with van der Waals surface area (Å²) < 4.78 is 8.37. The first-order valence-corrected chi connectivity index (χ1v) is 3.89. The summed E-state index contributed by atoms with van der Waals surface area (Å²) in [5, 5.41) is 0. The van der Waals surface area contributed by atoms with E-state index in [9.17, 15) is 0 Å². The van der Waals surface area contributed by atoms with Crippen molar-refractivity contribution in [2.45, 2.75) is 0 Å². The van der Waals surface area contributed by atoms with Crippen molar-refractivity contribution in [3.05, 3.63) is 0 Å². The molecule has 0 rings (SSSR count). The lowest BCUT2D eigenvalue weighted by Crippen LogP contribution is -2.08. The molecule has 0 fully saturated rings. The molecule has 0 aromatic rings. The zero-order valence-corrected chi connectivity index (χ0v) is 6.91. The van der Waals surface area contributed by atoms with E-state index in [2.05, 4.69) is 40.1 Å². The van der Waals surface area contributed by atoms with Gasteiger partial charge in [0.15, 0.2) is 0 Å². The quantitative estimate of drug-likeness (QED) is 0.325. The highest BCUT2D eigenvalue weighted by Gasteiger charge is 1.78. The van der Waals surface area contributed by atoms with Crippen LogP contribution in [0.2, 0.25) is 0 Å². The number of thiol groups is 1. The average molecular weight is 233 g/mol. The molecule has 0 aliphatic carbocycles. The molecule has 0 saturated heterocycles. The fourth-order valence-corrected chi connectivity index (χ4v) is 0.575. The van der Waals surface area contributed by atoms with E-state index >= 15 is 0 Å². The minimum atomic E-state index is 0.742. The van der Waals surface area contributed by atoms with Crippen molar-refractivity contribution >= 4 is 35.4 Å². The van der Waals surface area contributed by atoms with Crippen LogP contribution in [0.1, 0.15) is 0 Å². The van der Waals surface area contributed by atoms with Crippen LogP contribution in [0, 0.1) is 0 Å². The van der Waals surface area contributed by atoms with E-state index in [1.165, 1.54) is 0 Å². The van der Waals surface area contributed by atoms with Gasteiger partial charge in [0.05, 0.1) is 11.2 Å². The third-order valence-corrected chi connectivity index (χ3v) is 1.10. The number of hydrogen-bond acceptors (Lipinski definition) is 3. The van der Waals surface area contributed by atoms with Gasteiger partial charge in [-0.1, -0.05) is 35.4 Å². The molecule has 4 heteroatoms. The zero-order valence-electron chi connectivity index (χ0n) is 3.85. The number of hydrogen-bond donors (Lipinski definition) is 2. The number of rotatable bonds is 4. The van der Waals surface area contributed by atoms with Crippen LogP contribution in [0.4, 0.5) is 0 Å². The summed E-state index contributed by atoms with van der Waals surface area (Å²) in [5.41, 5.74) is 0. The molecule has 0 bridgehead atoms. The first-order chi connectivity index (χ1) is 3.41. The summed E-state index contributed by atoms with van der Waals surface area (Å²) in [5.74, 6) is 0. The first-order valence-electron chi connectivity index (χ1n) is 1.92. The molecule has 0 aromatic heterocycles. The lowest BCUT2D eigenvalue weighted by atomic mass is 10.7. The van der Waals surface area contributed by atoms with Crippen LogP contribution >= 0.6 is 35.4 Å². The van der Waals surface area contributed by atoms with Crippen LogP contribution in [0.15, 0.2) is 0 Å². The van der Waals surface area contributed by atoms with Gasteiger partial charge in [-0.3, -0.25) is 4.72 Å². The monoisotopic (exact) mass is 233 g/mol. The Balaban J connectivity index is 2.45. The number of halogens is 1. The fraction of sp³-hybridized carbons (Fsp3) is 1.00. The molecule has 7 heavy (non-hydrogen) atoms. The SMILES string of the molecule is SNCCOCI. The van der Waals surface area contributed by atoms with Crippen LogP contribution < -0.4 is 4.72 Å². The second kappa shape index (κ2) is 7.00. The second-order valence-corrected chi connectivity index (χ2v) is 1.86. The molecule has 1 N–H and O–H groups in total. The number of alkyl halides is 1. The maximum Gasteiger partial charge on any atom is 0.0979 e. The van der Waals surface area contributed by atoms with Crippen molar-refractivity contribution in [1.82, 2.24) is 4.72 Å². The molecule has 0 amide bonds. The molecule has 0 unspecified atom stereocenters. The third kappa shape index (κ3) is 7.00.